The number of rotatable bonds is 5. The summed E-state index contributed by atoms with van der Waals surface area (Å²) in [6.45, 7) is 0. The average molecular weight is 432 g/mol. The van der Waals surface area contributed by atoms with E-state index in [-0.39, 0.29) is 24.2 Å². The van der Waals surface area contributed by atoms with E-state index in [9.17, 15) is 9.90 Å². The topological polar surface area (TPSA) is 107 Å². The Hall–Kier alpha value is -3.46. The number of carbonyl (C=O) groups excluding carboxylic acids is 1. The molecule has 1 amide bonds. The minimum atomic E-state index is -0.280. The molecule has 2 atom stereocenters. The van der Waals surface area contributed by atoms with Gasteiger partial charge >= 0.3 is 0 Å². The summed E-state index contributed by atoms with van der Waals surface area (Å²) in [4.78, 5) is 17.3. The van der Waals surface area contributed by atoms with Crippen molar-refractivity contribution in [3.8, 4) is 5.75 Å². The number of hydrogen-bond acceptors (Lipinski definition) is 6. The predicted molar refractivity (Wildman–Crippen MR) is 118 cm³/mol. The van der Waals surface area contributed by atoms with E-state index in [1.54, 1.807) is 29.3 Å². The Morgan fingerprint density at radius 2 is 2.12 bits per heavy atom. The Kier molecular flexibility index (Phi) is 4.57. The Balaban J connectivity index is 1.35. The van der Waals surface area contributed by atoms with E-state index < -0.39 is 0 Å². The number of carbonyl (C=O) groups is 1. The van der Waals surface area contributed by atoms with Crippen molar-refractivity contribution in [3.05, 3.63) is 48.7 Å². The standard InChI is InChI=1S/C23H24N6O3/c30-16-3-1-2-15(9-16)28-12-14-8-18(22(10-19(14)27-28)32-17-4-5-17)23(31)26-20-11-25-29-13-24-7-6-21(20)29/h6-8,10-13,15-17,30H,1-5,9H2,(H,26,31)/t15-,16-/m0/s1. The summed E-state index contributed by atoms with van der Waals surface area (Å²) in [5, 5.41) is 22.9. The number of aliphatic hydroxyl groups is 1. The lowest BCUT2D eigenvalue weighted by Crippen LogP contribution is -2.22. The van der Waals surface area contributed by atoms with E-state index in [0.717, 1.165) is 48.5 Å². The van der Waals surface area contributed by atoms with Crippen molar-refractivity contribution in [2.75, 3.05) is 5.32 Å². The summed E-state index contributed by atoms with van der Waals surface area (Å²) < 4.78 is 9.64. The van der Waals surface area contributed by atoms with Crippen LogP contribution in [0.15, 0.2) is 43.1 Å². The molecule has 9 nitrogen and oxygen atoms in total. The Morgan fingerprint density at radius 1 is 1.22 bits per heavy atom. The van der Waals surface area contributed by atoms with Crippen LogP contribution in [0, 0.1) is 0 Å². The highest BCUT2D eigenvalue weighted by Crippen LogP contribution is 2.34. The molecule has 2 fully saturated rings. The molecule has 1 aromatic carbocycles. The maximum atomic E-state index is 13.3. The number of nitrogens with zero attached hydrogens (tertiary/aromatic N) is 5. The van der Waals surface area contributed by atoms with Gasteiger partial charge in [0, 0.05) is 23.8 Å². The molecule has 0 radical (unpaired) electrons. The number of nitrogens with one attached hydrogen (secondary N) is 1. The number of benzene rings is 1. The van der Waals surface area contributed by atoms with Crippen LogP contribution in [0.4, 0.5) is 5.69 Å². The van der Waals surface area contributed by atoms with Gasteiger partial charge in [-0.15, -0.1) is 0 Å². The van der Waals surface area contributed by atoms with Gasteiger partial charge in [0.15, 0.2) is 0 Å². The molecule has 2 N–H and O–H groups in total. The highest BCUT2D eigenvalue weighted by molar-refractivity contribution is 6.09. The van der Waals surface area contributed by atoms with Crippen LogP contribution in [0.5, 0.6) is 5.75 Å². The fraction of sp³-hybridized carbons (Fsp3) is 0.391. The summed E-state index contributed by atoms with van der Waals surface area (Å²) in [6, 6.07) is 5.68. The lowest BCUT2D eigenvalue weighted by Gasteiger charge is -2.25. The number of amides is 1. The third kappa shape index (κ3) is 3.58. The van der Waals surface area contributed by atoms with Gasteiger partial charge in [-0.2, -0.15) is 10.2 Å². The molecular formula is C23H24N6O3. The molecule has 0 unspecified atom stereocenters. The van der Waals surface area contributed by atoms with Gasteiger partial charge in [-0.25, -0.2) is 9.50 Å². The lowest BCUT2D eigenvalue weighted by atomic mass is 9.93. The maximum Gasteiger partial charge on any atom is 0.259 e. The largest absolute Gasteiger partial charge is 0.490 e. The van der Waals surface area contributed by atoms with E-state index in [1.807, 2.05) is 23.0 Å². The predicted octanol–water partition coefficient (Wildman–Crippen LogP) is 3.35. The molecule has 0 saturated heterocycles. The molecule has 0 bridgehead atoms. The quantitative estimate of drug-likeness (QED) is 0.501. The molecule has 9 heteroatoms. The summed E-state index contributed by atoms with van der Waals surface area (Å²) >= 11 is 0. The van der Waals surface area contributed by atoms with Crippen LogP contribution in [0.25, 0.3) is 16.4 Å². The van der Waals surface area contributed by atoms with Crippen molar-refractivity contribution < 1.29 is 14.6 Å². The smallest absolute Gasteiger partial charge is 0.259 e. The van der Waals surface area contributed by atoms with Gasteiger partial charge in [0.05, 0.1) is 46.7 Å². The summed E-state index contributed by atoms with van der Waals surface area (Å²) in [6.07, 6.45) is 12.2. The van der Waals surface area contributed by atoms with Gasteiger partial charge in [0.2, 0.25) is 0 Å². The molecule has 0 spiro atoms. The Labute approximate surface area is 184 Å². The number of fused-ring (bicyclic) bond motifs is 2. The minimum Gasteiger partial charge on any atom is -0.490 e. The maximum absolute atomic E-state index is 13.3. The van der Waals surface area contributed by atoms with Crippen LogP contribution < -0.4 is 10.1 Å². The van der Waals surface area contributed by atoms with Crippen LogP contribution in [0.1, 0.15) is 54.9 Å². The number of aromatic nitrogens is 5. The molecule has 2 aliphatic carbocycles. The fourth-order valence-electron chi connectivity index (χ4n) is 4.41. The molecule has 164 valence electrons. The fourth-order valence-corrected chi connectivity index (χ4v) is 4.41. The van der Waals surface area contributed by atoms with Gasteiger partial charge < -0.3 is 15.2 Å². The second kappa shape index (κ2) is 7.59. The first kappa shape index (κ1) is 19.2. The van der Waals surface area contributed by atoms with Crippen molar-refractivity contribution in [3.63, 3.8) is 0 Å². The normalized spacial score (nSPS) is 21.2. The molecule has 6 rings (SSSR count). The van der Waals surface area contributed by atoms with Crippen LogP contribution >= 0.6 is 0 Å². The van der Waals surface area contributed by atoms with E-state index in [2.05, 4.69) is 15.4 Å². The van der Waals surface area contributed by atoms with E-state index in [0.29, 0.717) is 23.4 Å². The zero-order chi connectivity index (χ0) is 21.7. The van der Waals surface area contributed by atoms with Crippen molar-refractivity contribution in [1.29, 1.82) is 0 Å². The number of hydrogen-bond donors (Lipinski definition) is 2. The molecule has 3 aromatic heterocycles. The second-order valence-corrected chi connectivity index (χ2v) is 8.73. The first-order chi connectivity index (χ1) is 15.6. The van der Waals surface area contributed by atoms with Crippen LogP contribution in [-0.2, 0) is 0 Å². The van der Waals surface area contributed by atoms with E-state index in [1.165, 1.54) is 0 Å². The van der Waals surface area contributed by atoms with Crippen molar-refractivity contribution >= 4 is 28.0 Å². The lowest BCUT2D eigenvalue weighted by molar-refractivity contribution is 0.100. The molecule has 0 aliphatic heterocycles. The molecule has 3 heterocycles. The van der Waals surface area contributed by atoms with Crippen LogP contribution in [0.2, 0.25) is 0 Å². The SMILES string of the molecule is O=C(Nc1cnn2cnccc12)c1cc2cn([C@H]3CCC[C@H](O)C3)nc2cc1OC1CC1. The van der Waals surface area contributed by atoms with Gasteiger partial charge in [0.1, 0.15) is 12.1 Å². The second-order valence-electron chi connectivity index (χ2n) is 8.73. The highest BCUT2D eigenvalue weighted by Gasteiger charge is 2.28. The Bertz CT molecular complexity index is 1310. The minimum absolute atomic E-state index is 0.151. The molecule has 32 heavy (non-hydrogen) atoms. The first-order valence-corrected chi connectivity index (χ1v) is 11.1. The third-order valence-corrected chi connectivity index (χ3v) is 6.26. The Morgan fingerprint density at radius 3 is 2.97 bits per heavy atom. The molecule has 2 aliphatic rings. The van der Waals surface area contributed by atoms with E-state index in [4.69, 9.17) is 9.84 Å². The summed E-state index contributed by atoms with van der Waals surface area (Å²) in [7, 11) is 0. The molecule has 4 aromatic rings. The molecule has 2 saturated carbocycles. The zero-order valence-corrected chi connectivity index (χ0v) is 17.5. The highest BCUT2D eigenvalue weighted by atomic mass is 16.5. The molecular weight excluding hydrogens is 408 g/mol. The summed E-state index contributed by atoms with van der Waals surface area (Å²) in [5.41, 5.74) is 2.64. The van der Waals surface area contributed by atoms with Gasteiger partial charge in [-0.1, -0.05) is 0 Å². The summed E-state index contributed by atoms with van der Waals surface area (Å²) in [5.74, 6) is 0.291. The van der Waals surface area contributed by atoms with Crippen molar-refractivity contribution in [1.82, 2.24) is 24.4 Å². The van der Waals surface area contributed by atoms with Gasteiger partial charge in [-0.05, 0) is 50.7 Å². The number of aliphatic hydroxyl groups excluding tert-OH is 1. The number of anilines is 1. The van der Waals surface area contributed by atoms with Gasteiger partial charge in [0.25, 0.3) is 5.91 Å². The average Bonchev–Trinajstić information content (AvgIpc) is 3.37. The van der Waals surface area contributed by atoms with Crippen molar-refractivity contribution in [2.45, 2.75) is 56.8 Å². The van der Waals surface area contributed by atoms with Crippen LogP contribution in [-0.4, -0.2) is 47.6 Å². The third-order valence-electron chi connectivity index (χ3n) is 6.26. The van der Waals surface area contributed by atoms with Crippen LogP contribution in [0.3, 0.4) is 0 Å². The van der Waals surface area contributed by atoms with Gasteiger partial charge in [-0.3, -0.25) is 9.48 Å². The van der Waals surface area contributed by atoms with Crippen molar-refractivity contribution in [2.24, 2.45) is 0 Å². The monoisotopic (exact) mass is 432 g/mol. The first-order valence-electron chi connectivity index (χ1n) is 11.1. The van der Waals surface area contributed by atoms with E-state index >= 15 is 0 Å². The zero-order valence-electron chi connectivity index (χ0n) is 17.5. The number of ether oxygens (including phenoxy) is 1.